The number of aliphatic hydroxyl groups is 21. The molecule has 81 heavy (non-hydrogen) atoms. The van der Waals surface area contributed by atoms with E-state index in [1.807, 2.05) is 0 Å². The summed E-state index contributed by atoms with van der Waals surface area (Å²) in [5, 5.41) is 231. The van der Waals surface area contributed by atoms with Crippen LogP contribution in [0.15, 0.2) is 0 Å². The van der Waals surface area contributed by atoms with Crippen LogP contribution in [0.5, 0.6) is 0 Å². The summed E-state index contributed by atoms with van der Waals surface area (Å²) in [4.78, 5) is 0. The Hall–Kier alpha value is -1.49. The third kappa shape index (κ3) is 12.9. The smallest absolute Gasteiger partial charge is 0.294 e. The standard InChI is InChI=1S/C42H70O38S/c43-1-7-27-14(50)21(57)37(68-7)75-29-9(3-45)70-39(23(59)16(29)52)77-31-11(5-47)72-41(25(61)18(31)54)79-33-19(55)26(62)42(80-34(33)35(63)81(64,65)66)78-32-12(6-48)71-40(24(60)17(32)53)76-30-10(4-46)69-38(22(58)15(30)51)74-28-8(2-44)67-36(73-27)20(56)13(28)49/h7-63H,1-6H2,(H,64,65,66)/t7-,8-,9-,10-,11-,12-,13-,14-,15-,16-,17-,18-,19-,20-,21-,22-,23-,24-,25-,26-,27-,28-,29-,30-,31-,32-,33+,34+,35?,36-,37-,38-,39-,40-,41-,42+/m1/s1. The molecule has 0 saturated carbocycles. The third-order valence-corrected chi connectivity index (χ3v) is 16.0. The Labute approximate surface area is 456 Å². The molecule has 0 radical (unpaired) electrons. The van der Waals surface area contributed by atoms with Crippen molar-refractivity contribution in [3.05, 3.63) is 0 Å². The topological polar surface area (TPSA) is 608 Å². The molecule has 0 spiro atoms. The third-order valence-electron chi connectivity index (χ3n) is 15.1. The summed E-state index contributed by atoms with van der Waals surface area (Å²) in [6, 6.07) is 0. The van der Waals surface area contributed by atoms with Gasteiger partial charge in [0.15, 0.2) is 44.0 Å². The van der Waals surface area contributed by atoms with Gasteiger partial charge in [0.05, 0.1) is 39.6 Å². The normalized spacial score (nSPS) is 53.8. The molecule has 21 heterocycles. The quantitative estimate of drug-likeness (QED) is 0.100. The fourth-order valence-electron chi connectivity index (χ4n) is 10.6. The van der Waals surface area contributed by atoms with Crippen molar-refractivity contribution in [2.24, 2.45) is 0 Å². The average molecular weight is 1220 g/mol. The molecule has 0 aromatic carbocycles. The monoisotopic (exact) mass is 1210 g/mol. The Morgan fingerprint density at radius 3 is 0.593 bits per heavy atom. The number of hydrogen-bond acceptors (Lipinski definition) is 37. The molecule has 39 heteroatoms. The van der Waals surface area contributed by atoms with Gasteiger partial charge >= 0.3 is 0 Å². The summed E-state index contributed by atoms with van der Waals surface area (Å²) in [5.41, 5.74) is -3.17. The molecular formula is C42H70O38S. The van der Waals surface area contributed by atoms with Crippen LogP contribution in [0, 0.1) is 0 Å². The summed E-state index contributed by atoms with van der Waals surface area (Å²) in [6.45, 7) is -6.77. The van der Waals surface area contributed by atoms with Gasteiger partial charge in [-0.3, -0.25) is 4.55 Å². The largest absolute Gasteiger partial charge is 0.394 e. The van der Waals surface area contributed by atoms with E-state index in [-0.39, 0.29) is 0 Å². The van der Waals surface area contributed by atoms with Crippen molar-refractivity contribution in [3.63, 3.8) is 0 Å². The van der Waals surface area contributed by atoms with Gasteiger partial charge in [0.25, 0.3) is 10.1 Å². The van der Waals surface area contributed by atoms with E-state index in [0.29, 0.717) is 0 Å². The van der Waals surface area contributed by atoms with E-state index >= 15 is 0 Å². The van der Waals surface area contributed by atoms with Gasteiger partial charge in [-0.05, 0) is 0 Å². The molecule has 21 aliphatic rings. The summed E-state index contributed by atoms with van der Waals surface area (Å²) in [5.74, 6) is 0. The van der Waals surface area contributed by atoms with Gasteiger partial charge in [0.1, 0.15) is 171 Å². The van der Waals surface area contributed by atoms with E-state index in [4.69, 9.17) is 66.3 Å². The van der Waals surface area contributed by atoms with E-state index < -0.39 is 270 Å². The zero-order valence-electron chi connectivity index (χ0n) is 41.8. The van der Waals surface area contributed by atoms with E-state index in [9.17, 15) is 120 Å². The van der Waals surface area contributed by atoms with Crippen molar-refractivity contribution >= 4 is 10.1 Å². The molecule has 0 aliphatic carbocycles. The molecular weight excluding hydrogens is 1140 g/mol. The maximum atomic E-state index is 12.4. The second-order valence-corrected chi connectivity index (χ2v) is 21.8. The van der Waals surface area contributed by atoms with E-state index in [1.54, 1.807) is 0 Å². The number of hydrogen-bond donors (Lipinski definition) is 22. The lowest BCUT2D eigenvalue weighted by Gasteiger charge is -2.50. The molecule has 0 aromatic rings. The van der Waals surface area contributed by atoms with E-state index in [1.165, 1.54) is 0 Å². The minimum atomic E-state index is -5.69. The van der Waals surface area contributed by atoms with Crippen LogP contribution < -0.4 is 0 Å². The minimum Gasteiger partial charge on any atom is -0.394 e. The molecule has 36 atom stereocenters. The second-order valence-electron chi connectivity index (χ2n) is 20.3. The van der Waals surface area contributed by atoms with Crippen molar-refractivity contribution < 1.29 is 187 Å². The molecule has 472 valence electrons. The molecule has 21 rings (SSSR count). The van der Waals surface area contributed by atoms with Gasteiger partial charge in [-0.1, -0.05) is 0 Å². The zero-order chi connectivity index (χ0) is 59.4. The molecule has 38 nitrogen and oxygen atoms in total. The highest BCUT2D eigenvalue weighted by Gasteiger charge is 2.60. The predicted octanol–water partition coefficient (Wildman–Crippen LogP) is -16.0. The van der Waals surface area contributed by atoms with Crippen molar-refractivity contribution in [2.45, 2.75) is 220 Å². The first kappa shape index (κ1) is 65.5. The van der Waals surface area contributed by atoms with Crippen LogP contribution in [0.3, 0.4) is 0 Å². The van der Waals surface area contributed by atoms with E-state index in [2.05, 4.69) is 0 Å². The van der Waals surface area contributed by atoms with Crippen LogP contribution >= 0.6 is 0 Å². The van der Waals surface area contributed by atoms with Crippen molar-refractivity contribution in [1.82, 2.24) is 0 Å². The number of aliphatic hydroxyl groups excluding tert-OH is 21. The summed E-state index contributed by atoms with van der Waals surface area (Å²) < 4.78 is 113. The highest BCUT2D eigenvalue weighted by atomic mass is 32.2. The predicted molar refractivity (Wildman–Crippen MR) is 239 cm³/mol. The minimum absolute atomic E-state index is 1.08. The van der Waals surface area contributed by atoms with Crippen LogP contribution in [0.1, 0.15) is 0 Å². The molecule has 22 N–H and O–H groups in total. The average Bonchev–Trinajstić information content (AvgIpc) is 3.54. The maximum Gasteiger partial charge on any atom is 0.294 e. The van der Waals surface area contributed by atoms with Crippen molar-refractivity contribution in [1.29, 1.82) is 0 Å². The van der Waals surface area contributed by atoms with Crippen molar-refractivity contribution in [3.8, 4) is 0 Å². The maximum absolute atomic E-state index is 12.4. The molecule has 14 bridgehead atoms. The van der Waals surface area contributed by atoms with Gasteiger partial charge in [-0.15, -0.1) is 0 Å². The van der Waals surface area contributed by atoms with Crippen LogP contribution in [0.25, 0.3) is 0 Å². The van der Waals surface area contributed by atoms with Gasteiger partial charge in [-0.25, -0.2) is 0 Å². The fraction of sp³-hybridized carbons (Fsp3) is 1.00. The van der Waals surface area contributed by atoms with Gasteiger partial charge in [0, 0.05) is 0 Å². The van der Waals surface area contributed by atoms with Crippen LogP contribution in [-0.2, 0) is 76.4 Å². The number of ether oxygens (including phenoxy) is 14. The highest BCUT2D eigenvalue weighted by Crippen LogP contribution is 2.39. The molecule has 0 aromatic heterocycles. The molecule has 0 amide bonds. The molecule has 21 saturated heterocycles. The van der Waals surface area contributed by atoms with Gasteiger partial charge in [0.2, 0.25) is 5.44 Å². The molecule has 21 fully saturated rings. The van der Waals surface area contributed by atoms with Gasteiger partial charge in [-0.2, -0.15) is 8.42 Å². The second kappa shape index (κ2) is 26.9. The first-order valence-electron chi connectivity index (χ1n) is 25.2. The molecule has 21 aliphatic heterocycles. The van der Waals surface area contributed by atoms with Gasteiger partial charge < -0.3 is 174 Å². The van der Waals surface area contributed by atoms with Crippen LogP contribution in [-0.4, -0.2) is 380 Å². The number of rotatable bonds is 8. The van der Waals surface area contributed by atoms with Crippen LogP contribution in [0.4, 0.5) is 0 Å². The molecule has 1 unspecified atom stereocenters. The lowest BCUT2D eigenvalue weighted by atomic mass is 9.95. The van der Waals surface area contributed by atoms with Crippen LogP contribution in [0.2, 0.25) is 0 Å². The Kier molecular flexibility index (Phi) is 21.7. The summed E-state index contributed by atoms with van der Waals surface area (Å²) >= 11 is 0. The highest BCUT2D eigenvalue weighted by molar-refractivity contribution is 7.86. The first-order chi connectivity index (χ1) is 38.2. The fourth-order valence-corrected chi connectivity index (χ4v) is 11.2. The Balaban J connectivity index is 1.11. The zero-order valence-corrected chi connectivity index (χ0v) is 42.6. The Morgan fingerprint density at radius 1 is 0.259 bits per heavy atom. The lowest BCUT2D eigenvalue weighted by molar-refractivity contribution is -0.397. The Morgan fingerprint density at radius 2 is 0.420 bits per heavy atom. The van der Waals surface area contributed by atoms with E-state index in [0.717, 1.165) is 0 Å². The summed E-state index contributed by atoms with van der Waals surface area (Å²) in [7, 11) is -5.69. The summed E-state index contributed by atoms with van der Waals surface area (Å²) in [6.07, 6.45) is -76.1. The SMILES string of the molecule is O=S(=O)(O)C(O)[C@H]1O[C@@H]2O[C@H]3[C@H](O)[C@@H](O)[C@@H](O[C@H]4[C@H](O)[C@@H](O)[C@@H](O[C@H]5[C@H](O)[C@@H](O)[C@@H](O[C@H]6[C@H](O)[C@@H](O)[C@@H](O[C@H]7[C@H](O)[C@@H](O)[C@@H](O[C@H]8[C@H](O)[C@@H](O)[C@@H](O[C@H]1[C@H](O)[C@H]2O)O[C@@H]8CO)O[C@@H]7CO)O[C@@H]6CO)O[C@@H]5CO)O[C@@H]4CO)O[C@@H]3CO. The Bertz CT molecular complexity index is 2090. The first-order valence-corrected chi connectivity index (χ1v) is 26.7. The lowest BCUT2D eigenvalue weighted by Crippen LogP contribution is -2.69. The van der Waals surface area contributed by atoms with Crippen molar-refractivity contribution in [2.75, 3.05) is 39.6 Å².